The van der Waals surface area contributed by atoms with E-state index in [4.69, 9.17) is 14.5 Å². The fourth-order valence-corrected chi connectivity index (χ4v) is 5.82. The van der Waals surface area contributed by atoms with Gasteiger partial charge in [-0.2, -0.15) is 0 Å². The van der Waals surface area contributed by atoms with Crippen molar-refractivity contribution in [2.75, 3.05) is 37.5 Å². The third-order valence-electron chi connectivity index (χ3n) is 5.45. The summed E-state index contributed by atoms with van der Waals surface area (Å²) in [6.07, 6.45) is 1.26. The van der Waals surface area contributed by atoms with E-state index in [0.717, 1.165) is 17.1 Å². The molecule has 0 amide bonds. The first kappa shape index (κ1) is 20.0. The highest BCUT2D eigenvalue weighted by atomic mass is 32.2. The Morgan fingerprint density at radius 1 is 1.21 bits per heavy atom. The summed E-state index contributed by atoms with van der Waals surface area (Å²) in [6, 6.07) is 5.65. The number of hydrogen-bond acceptors (Lipinski definition) is 8. The van der Waals surface area contributed by atoms with E-state index in [1.165, 1.54) is 0 Å². The molecule has 2 aliphatic rings. The zero-order chi connectivity index (χ0) is 20.6. The average Bonchev–Trinajstić information content (AvgIpc) is 3.06. The Balaban J connectivity index is 1.85. The zero-order valence-electron chi connectivity index (χ0n) is 17.0. The predicted molar refractivity (Wildman–Crippen MR) is 110 cm³/mol. The number of methoxy groups -OCH3 is 1. The number of sulfone groups is 1. The van der Waals surface area contributed by atoms with Crippen LogP contribution in [0.2, 0.25) is 0 Å². The fourth-order valence-electron chi connectivity index (χ4n) is 3.96. The van der Waals surface area contributed by atoms with Gasteiger partial charge in [0.25, 0.3) is 0 Å². The van der Waals surface area contributed by atoms with Crippen molar-refractivity contribution in [3.8, 4) is 17.3 Å². The van der Waals surface area contributed by atoms with E-state index in [9.17, 15) is 8.42 Å². The van der Waals surface area contributed by atoms with Gasteiger partial charge >= 0.3 is 0 Å². The van der Waals surface area contributed by atoms with Crippen LogP contribution in [0.25, 0.3) is 11.4 Å². The number of anilines is 1. The van der Waals surface area contributed by atoms with Crippen LogP contribution in [0.4, 0.5) is 5.82 Å². The van der Waals surface area contributed by atoms with Gasteiger partial charge in [-0.15, -0.1) is 0 Å². The van der Waals surface area contributed by atoms with E-state index in [2.05, 4.69) is 21.8 Å². The molecule has 4 rings (SSSR count). The largest absolute Gasteiger partial charge is 0.481 e. The lowest BCUT2D eigenvalue weighted by atomic mass is 10.1. The minimum absolute atomic E-state index is 0.147. The van der Waals surface area contributed by atoms with Gasteiger partial charge in [0.15, 0.2) is 15.7 Å². The molecule has 0 N–H and O–H groups in total. The lowest BCUT2D eigenvalue weighted by molar-refractivity contribution is 0.0985. The van der Waals surface area contributed by atoms with Gasteiger partial charge in [0.1, 0.15) is 11.1 Å². The highest BCUT2D eigenvalue weighted by molar-refractivity contribution is 7.91. The van der Waals surface area contributed by atoms with Crippen LogP contribution in [0.15, 0.2) is 18.2 Å². The number of rotatable bonds is 4. The van der Waals surface area contributed by atoms with Crippen molar-refractivity contribution in [2.45, 2.75) is 38.0 Å². The van der Waals surface area contributed by atoms with Gasteiger partial charge in [0, 0.05) is 29.9 Å². The molecule has 0 bridgehead atoms. The monoisotopic (exact) mass is 418 g/mol. The fraction of sp³-hybridized carbons (Fsp3) is 0.550. The average molecular weight is 419 g/mol. The van der Waals surface area contributed by atoms with Gasteiger partial charge in [0.05, 0.1) is 37.8 Å². The molecule has 29 heavy (non-hydrogen) atoms. The van der Waals surface area contributed by atoms with Crippen LogP contribution in [0.1, 0.15) is 36.4 Å². The van der Waals surface area contributed by atoms with Gasteiger partial charge in [-0.25, -0.2) is 23.4 Å². The Morgan fingerprint density at radius 2 is 2.03 bits per heavy atom. The Hall–Kier alpha value is -2.26. The van der Waals surface area contributed by atoms with Crippen molar-refractivity contribution >= 4 is 15.7 Å². The molecule has 0 saturated carbocycles. The molecule has 2 aromatic rings. The summed E-state index contributed by atoms with van der Waals surface area (Å²) in [7, 11) is -1.63. The van der Waals surface area contributed by atoms with Crippen molar-refractivity contribution < 1.29 is 17.9 Å². The second kappa shape index (κ2) is 7.87. The molecular weight excluding hydrogens is 392 g/mol. The Morgan fingerprint density at radius 3 is 2.72 bits per heavy atom. The molecular formula is C20H26N4O4S. The van der Waals surface area contributed by atoms with Crippen molar-refractivity contribution in [2.24, 2.45) is 0 Å². The van der Waals surface area contributed by atoms with E-state index in [-0.39, 0.29) is 11.8 Å². The molecule has 0 aromatic carbocycles. The summed E-state index contributed by atoms with van der Waals surface area (Å²) in [6.45, 7) is 5.88. The molecule has 2 aromatic heterocycles. The molecule has 2 saturated heterocycles. The van der Waals surface area contributed by atoms with Crippen molar-refractivity contribution in [1.82, 2.24) is 15.0 Å². The minimum atomic E-state index is -3.19. The smallest absolute Gasteiger partial charge is 0.213 e. The van der Waals surface area contributed by atoms with Gasteiger partial charge in [0.2, 0.25) is 5.88 Å². The Labute approximate surface area is 171 Å². The van der Waals surface area contributed by atoms with Gasteiger partial charge < -0.3 is 14.4 Å². The van der Waals surface area contributed by atoms with Crippen LogP contribution >= 0.6 is 0 Å². The second-order valence-electron chi connectivity index (χ2n) is 7.63. The number of aryl methyl sites for hydroxylation is 1. The van der Waals surface area contributed by atoms with E-state index < -0.39 is 15.1 Å². The van der Waals surface area contributed by atoms with Crippen molar-refractivity contribution in [3.63, 3.8) is 0 Å². The minimum Gasteiger partial charge on any atom is -0.481 e. The summed E-state index contributed by atoms with van der Waals surface area (Å²) in [5, 5.41) is -0.579. The van der Waals surface area contributed by atoms with E-state index in [1.807, 2.05) is 19.1 Å². The Kier molecular flexibility index (Phi) is 5.44. The van der Waals surface area contributed by atoms with Crippen LogP contribution in [-0.4, -0.2) is 62.0 Å². The summed E-state index contributed by atoms with van der Waals surface area (Å²) < 4.78 is 36.0. The normalized spacial score (nSPS) is 23.9. The first-order chi connectivity index (χ1) is 13.9. The third kappa shape index (κ3) is 4.06. The van der Waals surface area contributed by atoms with Gasteiger partial charge in [-0.3, -0.25) is 0 Å². The lowest BCUT2D eigenvalue weighted by Crippen LogP contribution is -2.44. The van der Waals surface area contributed by atoms with Crippen molar-refractivity contribution in [1.29, 1.82) is 0 Å². The van der Waals surface area contributed by atoms with Crippen LogP contribution in [0.3, 0.4) is 0 Å². The maximum Gasteiger partial charge on any atom is 0.213 e. The van der Waals surface area contributed by atoms with Crippen molar-refractivity contribution in [3.05, 3.63) is 29.6 Å². The third-order valence-corrected chi connectivity index (χ3v) is 7.65. The lowest BCUT2D eigenvalue weighted by Gasteiger charge is -2.34. The van der Waals surface area contributed by atoms with Crippen LogP contribution in [-0.2, 0) is 14.6 Å². The molecule has 4 heterocycles. The van der Waals surface area contributed by atoms with Gasteiger partial charge in [-0.05, 0) is 32.8 Å². The topological polar surface area (TPSA) is 94.5 Å². The molecule has 0 radical (unpaired) electrons. The molecule has 156 valence electrons. The summed E-state index contributed by atoms with van der Waals surface area (Å²) in [5.41, 5.74) is 2.10. The molecule has 0 unspecified atom stereocenters. The summed E-state index contributed by atoms with van der Waals surface area (Å²) in [5.74, 6) is 1.91. The number of morpholine rings is 1. The highest BCUT2D eigenvalue weighted by Crippen LogP contribution is 2.36. The van der Waals surface area contributed by atoms with Crippen LogP contribution in [0, 0.1) is 6.92 Å². The number of ether oxygens (including phenoxy) is 2. The number of hydrogen-bond donors (Lipinski definition) is 0. The number of aromatic nitrogens is 3. The first-order valence-electron chi connectivity index (χ1n) is 9.85. The summed E-state index contributed by atoms with van der Waals surface area (Å²) >= 11 is 0. The molecule has 2 fully saturated rings. The van der Waals surface area contributed by atoms with E-state index in [1.54, 1.807) is 13.2 Å². The zero-order valence-corrected chi connectivity index (χ0v) is 17.8. The van der Waals surface area contributed by atoms with Gasteiger partial charge in [-0.1, -0.05) is 0 Å². The maximum atomic E-state index is 12.6. The quantitative estimate of drug-likeness (QED) is 0.747. The molecule has 8 nitrogen and oxygen atoms in total. The van der Waals surface area contributed by atoms with E-state index in [0.29, 0.717) is 50.0 Å². The Bertz CT molecular complexity index is 1010. The molecule has 2 aliphatic heterocycles. The first-order valence-corrected chi connectivity index (χ1v) is 11.6. The number of nitrogens with zero attached hydrogens (tertiary/aromatic N) is 4. The molecule has 0 spiro atoms. The summed E-state index contributed by atoms with van der Waals surface area (Å²) in [4.78, 5) is 16.0. The van der Waals surface area contributed by atoms with E-state index >= 15 is 0 Å². The second-order valence-corrected chi connectivity index (χ2v) is 9.93. The predicted octanol–water partition coefficient (Wildman–Crippen LogP) is 2.33. The molecule has 2 atom stereocenters. The standard InChI is InChI=1S/C20H26N4O4S/c1-13-9-15(10-19(21-13)27-3)20-22-16(17-5-4-8-29(17,25)26)11-18(23-20)24-6-7-28-12-14(24)2/h9-11,14,17H,4-8,12H2,1-3H3/t14-,17+/m1/s1. The molecule has 9 heteroatoms. The SMILES string of the molecule is COc1cc(-c2nc([C@@H]3CCCS3(=O)=O)cc(N3CCOC[C@H]3C)n2)cc(C)n1. The van der Waals surface area contributed by atoms with Crippen LogP contribution in [0.5, 0.6) is 5.88 Å². The highest BCUT2D eigenvalue weighted by Gasteiger charge is 2.35. The van der Waals surface area contributed by atoms with Crippen LogP contribution < -0.4 is 9.64 Å². The molecule has 0 aliphatic carbocycles. The maximum absolute atomic E-state index is 12.6. The number of pyridine rings is 1.